The molecule has 0 spiro atoms. The van der Waals surface area contributed by atoms with Crippen molar-refractivity contribution in [3.8, 4) is 0 Å². The molecule has 0 aliphatic carbocycles. The lowest BCUT2D eigenvalue weighted by molar-refractivity contribution is 0.0935. The number of carbonyl (C=O) groups excluding carboxylic acids is 1. The van der Waals surface area contributed by atoms with Crippen LogP contribution < -0.4 is 4.90 Å². The van der Waals surface area contributed by atoms with Crippen molar-refractivity contribution >= 4 is 17.2 Å². The van der Waals surface area contributed by atoms with Gasteiger partial charge in [0.25, 0.3) is 5.91 Å². The zero-order valence-electron chi connectivity index (χ0n) is 13.6. The smallest absolute Gasteiger partial charge is 0.261 e. The molecule has 3 aromatic carbocycles. The van der Waals surface area contributed by atoms with Gasteiger partial charge < -0.3 is 5.11 Å². The molecule has 3 nitrogen and oxygen atoms in total. The van der Waals surface area contributed by atoms with Crippen molar-refractivity contribution in [1.82, 2.24) is 0 Å². The lowest BCUT2D eigenvalue weighted by Crippen LogP contribution is -2.28. The van der Waals surface area contributed by atoms with Crippen molar-refractivity contribution in [1.29, 1.82) is 0 Å². The van der Waals surface area contributed by atoms with Crippen molar-refractivity contribution in [2.24, 2.45) is 0 Å². The van der Waals surface area contributed by atoms with Crippen LogP contribution in [0.4, 0.5) is 5.69 Å². The first-order chi connectivity index (χ1) is 12.2. The van der Waals surface area contributed by atoms with E-state index in [0.717, 1.165) is 16.7 Å². The zero-order valence-corrected chi connectivity index (χ0v) is 13.6. The fourth-order valence-corrected chi connectivity index (χ4v) is 3.27. The fourth-order valence-electron chi connectivity index (χ4n) is 3.27. The minimum absolute atomic E-state index is 0.198. The first kappa shape index (κ1) is 15.4. The topological polar surface area (TPSA) is 40.5 Å². The number of hydrogen-bond acceptors (Lipinski definition) is 2. The van der Waals surface area contributed by atoms with Gasteiger partial charge in [0.2, 0.25) is 0 Å². The number of amides is 1. The van der Waals surface area contributed by atoms with Crippen LogP contribution in [0.1, 0.15) is 33.3 Å². The SMILES string of the molecule is C=C(c1ccccc1)c1ccccc1N1C(=O)c2ccccc2C1O. The molecule has 4 rings (SSSR count). The zero-order chi connectivity index (χ0) is 17.4. The fraction of sp³-hybridized carbons (Fsp3) is 0.0455. The van der Waals surface area contributed by atoms with Crippen LogP contribution in [0.3, 0.4) is 0 Å². The first-order valence-electron chi connectivity index (χ1n) is 8.13. The van der Waals surface area contributed by atoms with Gasteiger partial charge in [-0.05, 0) is 23.3 Å². The molecule has 0 saturated carbocycles. The molecule has 1 amide bonds. The summed E-state index contributed by atoms with van der Waals surface area (Å²) >= 11 is 0. The number of aliphatic hydroxyl groups is 1. The highest BCUT2D eigenvalue weighted by Crippen LogP contribution is 2.39. The van der Waals surface area contributed by atoms with Crippen molar-refractivity contribution < 1.29 is 9.90 Å². The second-order valence-electron chi connectivity index (χ2n) is 6.00. The van der Waals surface area contributed by atoms with Crippen molar-refractivity contribution in [2.75, 3.05) is 4.90 Å². The van der Waals surface area contributed by atoms with E-state index < -0.39 is 6.23 Å². The second kappa shape index (κ2) is 6.04. The van der Waals surface area contributed by atoms with Crippen LogP contribution >= 0.6 is 0 Å². The van der Waals surface area contributed by atoms with Crippen molar-refractivity contribution in [3.05, 3.63) is 108 Å². The van der Waals surface area contributed by atoms with Crippen LogP contribution in [0, 0.1) is 0 Å². The number of hydrogen-bond donors (Lipinski definition) is 1. The summed E-state index contributed by atoms with van der Waals surface area (Å²) in [6.07, 6.45) is -0.992. The molecule has 1 unspecified atom stereocenters. The molecule has 3 heteroatoms. The van der Waals surface area contributed by atoms with Gasteiger partial charge in [0, 0.05) is 16.7 Å². The summed E-state index contributed by atoms with van der Waals surface area (Å²) in [6.45, 7) is 4.21. The molecular weight excluding hydrogens is 310 g/mol. The van der Waals surface area contributed by atoms with Gasteiger partial charge in [-0.25, -0.2) is 0 Å². The summed E-state index contributed by atoms with van der Waals surface area (Å²) in [5.74, 6) is -0.198. The molecule has 1 aliphatic rings. The van der Waals surface area contributed by atoms with Gasteiger partial charge >= 0.3 is 0 Å². The van der Waals surface area contributed by atoms with E-state index in [0.29, 0.717) is 16.8 Å². The number of fused-ring (bicyclic) bond motifs is 1. The van der Waals surface area contributed by atoms with Gasteiger partial charge in [0.05, 0.1) is 5.69 Å². The van der Waals surface area contributed by atoms with Gasteiger partial charge in [0.15, 0.2) is 6.23 Å². The largest absolute Gasteiger partial charge is 0.369 e. The van der Waals surface area contributed by atoms with Crippen LogP contribution in [-0.4, -0.2) is 11.0 Å². The summed E-state index contributed by atoms with van der Waals surface area (Å²) in [5, 5.41) is 10.7. The third-order valence-electron chi connectivity index (χ3n) is 4.54. The third-order valence-corrected chi connectivity index (χ3v) is 4.54. The number of rotatable bonds is 3. The van der Waals surface area contributed by atoms with Gasteiger partial charge in [-0.1, -0.05) is 73.3 Å². The Morgan fingerprint density at radius 3 is 2.28 bits per heavy atom. The number of nitrogens with zero attached hydrogens (tertiary/aromatic N) is 1. The normalized spacial score (nSPS) is 16.0. The van der Waals surface area contributed by atoms with Crippen LogP contribution in [-0.2, 0) is 0 Å². The molecule has 1 aliphatic heterocycles. The Kier molecular flexibility index (Phi) is 3.71. The molecular formula is C22H17NO2. The Hall–Kier alpha value is -3.17. The summed E-state index contributed by atoms with van der Waals surface area (Å²) in [5.41, 5.74) is 4.45. The Morgan fingerprint density at radius 2 is 1.52 bits per heavy atom. The van der Waals surface area contributed by atoms with E-state index in [1.54, 1.807) is 12.1 Å². The molecule has 25 heavy (non-hydrogen) atoms. The van der Waals surface area contributed by atoms with E-state index in [2.05, 4.69) is 6.58 Å². The van der Waals surface area contributed by atoms with Crippen LogP contribution in [0.5, 0.6) is 0 Å². The van der Waals surface area contributed by atoms with Crippen molar-refractivity contribution in [3.63, 3.8) is 0 Å². The van der Waals surface area contributed by atoms with E-state index in [-0.39, 0.29) is 5.91 Å². The van der Waals surface area contributed by atoms with Crippen LogP contribution in [0.2, 0.25) is 0 Å². The minimum Gasteiger partial charge on any atom is -0.369 e. The lowest BCUT2D eigenvalue weighted by atomic mass is 9.97. The number of aliphatic hydroxyl groups excluding tert-OH is 1. The van der Waals surface area contributed by atoms with Gasteiger partial charge in [0.1, 0.15) is 0 Å². The van der Waals surface area contributed by atoms with E-state index in [1.807, 2.05) is 66.7 Å². The average molecular weight is 327 g/mol. The summed E-state index contributed by atoms with van der Waals surface area (Å²) < 4.78 is 0. The number of anilines is 1. The monoisotopic (exact) mass is 327 g/mol. The Morgan fingerprint density at radius 1 is 0.880 bits per heavy atom. The summed E-state index contributed by atoms with van der Waals surface area (Å²) in [6, 6.07) is 24.5. The Bertz CT molecular complexity index is 963. The quantitative estimate of drug-likeness (QED) is 0.774. The molecule has 0 radical (unpaired) electrons. The van der Waals surface area contributed by atoms with Gasteiger partial charge in [-0.15, -0.1) is 0 Å². The molecule has 122 valence electrons. The molecule has 3 aromatic rings. The number of carbonyl (C=O) groups is 1. The van der Waals surface area contributed by atoms with Gasteiger partial charge in [-0.3, -0.25) is 9.69 Å². The average Bonchev–Trinajstić information content (AvgIpc) is 2.93. The molecule has 1 heterocycles. The maximum atomic E-state index is 12.9. The standard InChI is InChI=1S/C22H17NO2/c1-15(16-9-3-2-4-10-16)17-11-7-8-14-20(17)23-21(24)18-12-5-6-13-19(18)22(23)25/h2-14,21,24H,1H2. The van der Waals surface area contributed by atoms with E-state index in [4.69, 9.17) is 0 Å². The molecule has 0 aromatic heterocycles. The number of benzene rings is 3. The Labute approximate surface area is 146 Å². The summed E-state index contributed by atoms with van der Waals surface area (Å²) in [4.78, 5) is 14.3. The molecule has 1 atom stereocenters. The second-order valence-corrected chi connectivity index (χ2v) is 6.00. The minimum atomic E-state index is -0.992. The lowest BCUT2D eigenvalue weighted by Gasteiger charge is -2.24. The first-order valence-corrected chi connectivity index (χ1v) is 8.13. The predicted molar refractivity (Wildman–Crippen MR) is 99.2 cm³/mol. The summed E-state index contributed by atoms with van der Waals surface area (Å²) in [7, 11) is 0. The van der Waals surface area contributed by atoms with E-state index >= 15 is 0 Å². The van der Waals surface area contributed by atoms with Crippen LogP contribution in [0.15, 0.2) is 85.4 Å². The molecule has 0 bridgehead atoms. The highest BCUT2D eigenvalue weighted by molar-refractivity contribution is 6.12. The third kappa shape index (κ3) is 2.46. The maximum absolute atomic E-state index is 12.9. The predicted octanol–water partition coefficient (Wildman–Crippen LogP) is 4.40. The van der Waals surface area contributed by atoms with Crippen molar-refractivity contribution in [2.45, 2.75) is 6.23 Å². The highest BCUT2D eigenvalue weighted by atomic mass is 16.3. The van der Waals surface area contributed by atoms with E-state index in [9.17, 15) is 9.90 Å². The Balaban J connectivity index is 1.81. The van der Waals surface area contributed by atoms with Gasteiger partial charge in [-0.2, -0.15) is 0 Å². The molecule has 0 fully saturated rings. The number of para-hydroxylation sites is 1. The maximum Gasteiger partial charge on any atom is 0.261 e. The van der Waals surface area contributed by atoms with Crippen LogP contribution in [0.25, 0.3) is 5.57 Å². The highest BCUT2D eigenvalue weighted by Gasteiger charge is 2.37. The molecule has 0 saturated heterocycles. The molecule has 1 N–H and O–H groups in total. The van der Waals surface area contributed by atoms with E-state index in [1.165, 1.54) is 4.90 Å².